The highest BCUT2D eigenvalue weighted by Gasteiger charge is 2.38. The lowest BCUT2D eigenvalue weighted by Crippen LogP contribution is -2.36. The van der Waals surface area contributed by atoms with E-state index in [1.165, 1.54) is 11.1 Å². The molecule has 2 heterocycles. The summed E-state index contributed by atoms with van der Waals surface area (Å²) >= 11 is 1.10. The van der Waals surface area contributed by atoms with Crippen molar-refractivity contribution < 1.29 is 17.9 Å². The highest BCUT2D eigenvalue weighted by molar-refractivity contribution is 7.93. The smallest absolute Gasteiger partial charge is 0.410 e. The third kappa shape index (κ3) is 3.29. The van der Waals surface area contributed by atoms with Gasteiger partial charge < -0.3 is 9.64 Å². The van der Waals surface area contributed by atoms with Gasteiger partial charge in [-0.1, -0.05) is 0 Å². The quantitative estimate of drug-likeness (QED) is 0.832. The van der Waals surface area contributed by atoms with E-state index < -0.39 is 26.8 Å². The first kappa shape index (κ1) is 15.2. The van der Waals surface area contributed by atoms with Gasteiger partial charge in [0.15, 0.2) is 0 Å². The molecule has 1 fully saturated rings. The Morgan fingerprint density at radius 2 is 2.20 bits per heavy atom. The number of rotatable bonds is 2. The monoisotopic (exact) mass is 318 g/mol. The Hall–Kier alpha value is -1.15. The minimum atomic E-state index is -3.45. The fourth-order valence-corrected chi connectivity index (χ4v) is 4.72. The van der Waals surface area contributed by atoms with Gasteiger partial charge in [-0.3, -0.25) is 0 Å². The fourth-order valence-electron chi connectivity index (χ4n) is 1.97. The molecular formula is C12H18N2O4S2. The van der Waals surface area contributed by atoms with Crippen LogP contribution < -0.4 is 0 Å². The van der Waals surface area contributed by atoms with Crippen LogP contribution in [0.4, 0.5) is 4.79 Å². The maximum Gasteiger partial charge on any atom is 0.410 e. The Morgan fingerprint density at radius 3 is 2.75 bits per heavy atom. The second-order valence-electron chi connectivity index (χ2n) is 5.68. The van der Waals surface area contributed by atoms with Gasteiger partial charge in [-0.2, -0.15) is 0 Å². The zero-order valence-corrected chi connectivity index (χ0v) is 13.3. The molecule has 0 radical (unpaired) electrons. The van der Waals surface area contributed by atoms with Gasteiger partial charge in [-0.25, -0.2) is 18.2 Å². The highest BCUT2D eigenvalue weighted by atomic mass is 32.2. The molecule has 0 aromatic carbocycles. The van der Waals surface area contributed by atoms with Gasteiger partial charge in [0, 0.05) is 24.7 Å². The zero-order valence-electron chi connectivity index (χ0n) is 11.7. The lowest BCUT2D eigenvalue weighted by Gasteiger charge is -2.24. The number of carbonyl (C=O) groups excluding carboxylic acids is 1. The molecule has 8 heteroatoms. The Kier molecular flexibility index (Phi) is 4.06. The summed E-state index contributed by atoms with van der Waals surface area (Å²) < 4.78 is 30.0. The number of ether oxygens (including phenoxy) is 1. The van der Waals surface area contributed by atoms with Gasteiger partial charge in [-0.15, -0.1) is 11.3 Å². The average molecular weight is 318 g/mol. The van der Waals surface area contributed by atoms with Crippen molar-refractivity contribution in [2.24, 2.45) is 0 Å². The van der Waals surface area contributed by atoms with Crippen LogP contribution in [0.25, 0.3) is 0 Å². The molecule has 1 atom stereocenters. The molecule has 0 unspecified atom stereocenters. The number of amides is 1. The second-order valence-corrected chi connectivity index (χ2v) is 8.98. The van der Waals surface area contributed by atoms with Crippen LogP contribution in [0.15, 0.2) is 15.9 Å². The van der Waals surface area contributed by atoms with E-state index in [2.05, 4.69) is 4.98 Å². The van der Waals surface area contributed by atoms with E-state index in [1.54, 1.807) is 26.2 Å². The normalized spacial score (nSPS) is 20.1. The minimum Gasteiger partial charge on any atom is -0.444 e. The fraction of sp³-hybridized carbons (Fsp3) is 0.667. The maximum atomic E-state index is 12.3. The van der Waals surface area contributed by atoms with Crippen molar-refractivity contribution in [3.05, 3.63) is 11.6 Å². The molecule has 1 aliphatic heterocycles. The van der Waals surface area contributed by atoms with Gasteiger partial charge >= 0.3 is 6.09 Å². The maximum absolute atomic E-state index is 12.3. The van der Waals surface area contributed by atoms with Crippen molar-refractivity contribution >= 4 is 27.3 Å². The van der Waals surface area contributed by atoms with E-state index >= 15 is 0 Å². The number of sulfone groups is 1. The SMILES string of the molecule is CC(C)(C)OC(=O)N1CC[C@@H](S(=O)(=O)c2nccs2)C1. The van der Waals surface area contributed by atoms with Gasteiger partial charge in [0.2, 0.25) is 14.2 Å². The average Bonchev–Trinajstić information content (AvgIpc) is 2.99. The summed E-state index contributed by atoms with van der Waals surface area (Å²) in [6, 6.07) is 0. The number of hydrogen-bond acceptors (Lipinski definition) is 6. The summed E-state index contributed by atoms with van der Waals surface area (Å²) in [4.78, 5) is 17.2. The number of aromatic nitrogens is 1. The Morgan fingerprint density at radius 1 is 1.50 bits per heavy atom. The van der Waals surface area contributed by atoms with Gasteiger partial charge in [-0.05, 0) is 27.2 Å². The van der Waals surface area contributed by atoms with Crippen LogP contribution >= 0.6 is 11.3 Å². The van der Waals surface area contributed by atoms with E-state index in [4.69, 9.17) is 4.74 Å². The molecule has 0 spiro atoms. The van der Waals surface area contributed by atoms with Crippen LogP contribution in [0, 0.1) is 0 Å². The summed E-state index contributed by atoms with van der Waals surface area (Å²) in [5, 5.41) is 1.04. The molecule has 1 aliphatic rings. The molecule has 0 saturated carbocycles. The third-order valence-corrected chi connectivity index (χ3v) is 6.29. The first-order valence-corrected chi connectivity index (χ1v) is 8.74. The van der Waals surface area contributed by atoms with Crippen molar-refractivity contribution in [2.45, 2.75) is 42.4 Å². The summed E-state index contributed by atoms with van der Waals surface area (Å²) in [6.07, 6.45) is 1.42. The largest absolute Gasteiger partial charge is 0.444 e. The molecule has 112 valence electrons. The van der Waals surface area contributed by atoms with Gasteiger partial charge in [0.25, 0.3) is 0 Å². The summed E-state index contributed by atoms with van der Waals surface area (Å²) in [7, 11) is -3.45. The molecule has 1 aromatic rings. The lowest BCUT2D eigenvalue weighted by molar-refractivity contribution is 0.0295. The van der Waals surface area contributed by atoms with E-state index in [0.29, 0.717) is 13.0 Å². The first-order valence-electron chi connectivity index (χ1n) is 6.31. The highest BCUT2D eigenvalue weighted by Crippen LogP contribution is 2.26. The lowest BCUT2D eigenvalue weighted by atomic mass is 10.2. The summed E-state index contributed by atoms with van der Waals surface area (Å²) in [5.74, 6) is 0. The number of carbonyl (C=O) groups is 1. The van der Waals surface area contributed by atoms with Gasteiger partial charge in [0.05, 0.1) is 5.25 Å². The molecule has 1 saturated heterocycles. The van der Waals surface area contributed by atoms with E-state index in [-0.39, 0.29) is 10.9 Å². The van der Waals surface area contributed by atoms with Crippen LogP contribution in [-0.2, 0) is 14.6 Å². The van der Waals surface area contributed by atoms with E-state index in [0.717, 1.165) is 11.3 Å². The topological polar surface area (TPSA) is 76.6 Å². The predicted octanol–water partition coefficient (Wildman–Crippen LogP) is 1.93. The molecule has 0 N–H and O–H groups in total. The van der Waals surface area contributed by atoms with E-state index in [1.807, 2.05) is 0 Å². The Balaban J connectivity index is 2.05. The molecule has 1 aromatic heterocycles. The molecule has 2 rings (SSSR count). The van der Waals surface area contributed by atoms with Crippen LogP contribution in [0.3, 0.4) is 0 Å². The van der Waals surface area contributed by atoms with Crippen LogP contribution in [0.5, 0.6) is 0 Å². The van der Waals surface area contributed by atoms with Gasteiger partial charge in [0.1, 0.15) is 5.60 Å². The van der Waals surface area contributed by atoms with Crippen molar-refractivity contribution in [1.29, 1.82) is 0 Å². The summed E-state index contributed by atoms with van der Waals surface area (Å²) in [6.45, 7) is 5.90. The second kappa shape index (κ2) is 5.33. The Bertz CT molecular complexity index is 575. The minimum absolute atomic E-state index is 0.119. The van der Waals surface area contributed by atoms with Crippen molar-refractivity contribution in [3.8, 4) is 0 Å². The number of hydrogen-bond donors (Lipinski definition) is 0. The van der Waals surface area contributed by atoms with Crippen LogP contribution in [0.2, 0.25) is 0 Å². The standard InChI is InChI=1S/C12H18N2O4S2/c1-12(2,3)18-11(15)14-6-4-9(8-14)20(16,17)10-13-5-7-19-10/h5,7,9H,4,6,8H2,1-3H3/t9-/m1/s1. The molecule has 0 bridgehead atoms. The molecule has 0 aliphatic carbocycles. The van der Waals surface area contributed by atoms with Crippen LogP contribution in [-0.4, -0.2) is 48.3 Å². The van der Waals surface area contributed by atoms with Crippen molar-refractivity contribution in [3.63, 3.8) is 0 Å². The molecular weight excluding hydrogens is 300 g/mol. The molecule has 1 amide bonds. The zero-order chi connectivity index (χ0) is 15.0. The Labute approximate surface area is 122 Å². The summed E-state index contributed by atoms with van der Waals surface area (Å²) in [5.41, 5.74) is -0.580. The van der Waals surface area contributed by atoms with Crippen molar-refractivity contribution in [2.75, 3.05) is 13.1 Å². The molecule has 6 nitrogen and oxygen atoms in total. The van der Waals surface area contributed by atoms with Crippen molar-refractivity contribution in [1.82, 2.24) is 9.88 Å². The first-order chi connectivity index (χ1) is 9.20. The number of nitrogens with zero attached hydrogens (tertiary/aromatic N) is 2. The predicted molar refractivity (Wildman–Crippen MR) is 75.5 cm³/mol. The number of likely N-dealkylation sites (tertiary alicyclic amines) is 1. The molecule has 20 heavy (non-hydrogen) atoms. The number of thiazole rings is 1. The third-order valence-electron chi connectivity index (χ3n) is 2.89. The van der Waals surface area contributed by atoms with E-state index in [9.17, 15) is 13.2 Å². The van der Waals surface area contributed by atoms with Crippen LogP contribution in [0.1, 0.15) is 27.2 Å².